The second-order valence-corrected chi connectivity index (χ2v) is 4.82. The van der Waals surface area contributed by atoms with Crippen molar-refractivity contribution in [1.29, 1.82) is 0 Å². The highest BCUT2D eigenvalue weighted by molar-refractivity contribution is 7.45. The van der Waals surface area contributed by atoms with E-state index in [2.05, 4.69) is 22.6 Å². The van der Waals surface area contributed by atoms with Gasteiger partial charge < -0.3 is 34.4 Å². The fourth-order valence-electron chi connectivity index (χ4n) is 0.515. The van der Waals surface area contributed by atoms with Gasteiger partial charge in [0.2, 0.25) is 0 Å². The lowest BCUT2D eigenvalue weighted by Crippen LogP contribution is -2.14. The minimum absolute atomic E-state index is 0.0325. The van der Waals surface area contributed by atoms with Crippen molar-refractivity contribution in [1.82, 2.24) is 0 Å². The second kappa shape index (κ2) is 15.3. The van der Waals surface area contributed by atoms with Gasteiger partial charge in [-0.1, -0.05) is 13.2 Å². The Morgan fingerprint density at radius 2 is 1.09 bits per heavy atom. The highest BCUT2D eigenvalue weighted by Gasteiger charge is 2.05. The van der Waals surface area contributed by atoms with Crippen LogP contribution in [0.4, 0.5) is 0 Å². The molecule has 23 heavy (non-hydrogen) atoms. The first-order valence-electron chi connectivity index (χ1n) is 6.02. The molecule has 0 saturated carbocycles. The van der Waals surface area contributed by atoms with E-state index < -0.39 is 19.8 Å². The molecule has 0 aromatic carbocycles. The van der Waals surface area contributed by atoms with E-state index in [9.17, 15) is 9.59 Å². The molecule has 11 heteroatoms. The molecule has 0 atom stereocenters. The zero-order valence-corrected chi connectivity index (χ0v) is 13.9. The van der Waals surface area contributed by atoms with Crippen molar-refractivity contribution in [3.05, 3.63) is 24.3 Å². The minimum atomic E-state index is -4.64. The van der Waals surface area contributed by atoms with Crippen molar-refractivity contribution >= 4 is 19.8 Å². The third-order valence-electron chi connectivity index (χ3n) is 1.35. The van der Waals surface area contributed by atoms with Crippen molar-refractivity contribution < 1.29 is 48.5 Å². The molecule has 0 radical (unpaired) electrons. The number of rotatable bonds is 6. The maximum Gasteiger partial charge on any atom is 0.466 e. The van der Waals surface area contributed by atoms with Gasteiger partial charge in [0.05, 0.1) is 13.2 Å². The summed E-state index contributed by atoms with van der Waals surface area (Å²) < 4.78 is 18.3. The van der Waals surface area contributed by atoms with E-state index >= 15 is 0 Å². The molecule has 0 aliphatic heterocycles. The van der Waals surface area contributed by atoms with Crippen LogP contribution in [-0.2, 0) is 23.6 Å². The van der Waals surface area contributed by atoms with Gasteiger partial charge in [0, 0.05) is 11.1 Å². The number of aliphatic hydroxyl groups is 2. The molecule has 0 unspecified atom stereocenters. The van der Waals surface area contributed by atoms with Crippen molar-refractivity contribution in [2.75, 3.05) is 26.4 Å². The quantitative estimate of drug-likeness (QED) is 0.176. The fraction of sp³-hybridized carbons (Fsp3) is 0.500. The summed E-state index contributed by atoms with van der Waals surface area (Å²) in [5.74, 6) is -0.979. The zero-order valence-electron chi connectivity index (χ0n) is 13.0. The highest BCUT2D eigenvalue weighted by atomic mass is 31.2. The van der Waals surface area contributed by atoms with E-state index in [1.807, 2.05) is 0 Å². The van der Waals surface area contributed by atoms with E-state index in [0.29, 0.717) is 11.1 Å². The Labute approximate surface area is 133 Å². The molecule has 0 aliphatic rings. The fourth-order valence-corrected chi connectivity index (χ4v) is 0.515. The first-order chi connectivity index (χ1) is 10.4. The Bertz CT molecular complexity index is 387. The first kappa shape index (κ1) is 26.4. The number of aliphatic hydroxyl groups excluding tert-OH is 2. The molecular formula is C12H23O10P. The molecule has 0 saturated heterocycles. The summed E-state index contributed by atoms with van der Waals surface area (Å²) in [6.07, 6.45) is 0. The summed E-state index contributed by atoms with van der Waals surface area (Å²) in [6.45, 7) is 9.70. The van der Waals surface area contributed by atoms with E-state index in [0.717, 1.165) is 0 Å². The van der Waals surface area contributed by atoms with Gasteiger partial charge in [0.15, 0.2) is 0 Å². The minimum Gasteiger partial charge on any atom is -0.459 e. The number of carbonyl (C=O) groups excluding carboxylic acids is 2. The SMILES string of the molecule is C=C(C)C(=O)OCCOC(=O)C(=C)C.O=P(O)(O)O.OCCO. The number of hydrogen-bond donors (Lipinski definition) is 5. The molecule has 0 heterocycles. The van der Waals surface area contributed by atoms with E-state index in [-0.39, 0.29) is 26.4 Å². The molecule has 0 spiro atoms. The Balaban J connectivity index is -0.000000365. The number of ether oxygens (including phenoxy) is 2. The summed E-state index contributed by atoms with van der Waals surface area (Å²) in [7, 11) is -4.64. The average Bonchev–Trinajstić information content (AvgIpc) is 2.41. The van der Waals surface area contributed by atoms with Crippen LogP contribution in [0.1, 0.15) is 13.8 Å². The zero-order chi connectivity index (χ0) is 19.1. The van der Waals surface area contributed by atoms with Gasteiger partial charge in [-0.3, -0.25) is 0 Å². The lowest BCUT2D eigenvalue weighted by Gasteiger charge is -2.05. The highest BCUT2D eigenvalue weighted by Crippen LogP contribution is 2.25. The van der Waals surface area contributed by atoms with Crippen molar-refractivity contribution in [3.8, 4) is 0 Å². The molecule has 5 N–H and O–H groups in total. The molecule has 136 valence electrons. The first-order valence-corrected chi connectivity index (χ1v) is 7.58. The van der Waals surface area contributed by atoms with Gasteiger partial charge in [0.25, 0.3) is 0 Å². The molecule has 0 aliphatic carbocycles. The Morgan fingerprint density at radius 1 is 0.870 bits per heavy atom. The predicted molar refractivity (Wildman–Crippen MR) is 80.0 cm³/mol. The number of carbonyl (C=O) groups is 2. The molecular weight excluding hydrogens is 335 g/mol. The summed E-state index contributed by atoms with van der Waals surface area (Å²) in [5.41, 5.74) is 0.632. The van der Waals surface area contributed by atoms with Gasteiger partial charge >= 0.3 is 19.8 Å². The molecule has 10 nitrogen and oxygen atoms in total. The summed E-state index contributed by atoms with van der Waals surface area (Å²) >= 11 is 0. The van der Waals surface area contributed by atoms with Crippen LogP contribution in [0.5, 0.6) is 0 Å². The largest absolute Gasteiger partial charge is 0.466 e. The standard InChI is InChI=1S/C10H14O4.C2H6O2.H3O4P/c1-7(2)9(11)13-5-6-14-10(12)8(3)4;3-1-2-4;1-5(2,3)4/h1,3,5-6H2,2,4H3;3-4H,1-2H2;(H3,1,2,3,4). The molecule has 0 amide bonds. The van der Waals surface area contributed by atoms with Crippen LogP contribution >= 0.6 is 7.82 Å². The Morgan fingerprint density at radius 3 is 1.22 bits per heavy atom. The van der Waals surface area contributed by atoms with Gasteiger partial charge in [0.1, 0.15) is 13.2 Å². The van der Waals surface area contributed by atoms with Gasteiger partial charge in [-0.15, -0.1) is 0 Å². The number of esters is 2. The van der Waals surface area contributed by atoms with Gasteiger partial charge in [-0.05, 0) is 13.8 Å². The molecule has 0 bridgehead atoms. The normalized spacial score (nSPS) is 9.35. The third-order valence-corrected chi connectivity index (χ3v) is 1.35. The maximum absolute atomic E-state index is 10.8. The van der Waals surface area contributed by atoms with E-state index in [1.54, 1.807) is 13.8 Å². The van der Waals surface area contributed by atoms with Crippen molar-refractivity contribution in [3.63, 3.8) is 0 Å². The second-order valence-electron chi connectivity index (χ2n) is 3.79. The van der Waals surface area contributed by atoms with Crippen molar-refractivity contribution in [2.24, 2.45) is 0 Å². The van der Waals surface area contributed by atoms with Gasteiger partial charge in [-0.25, -0.2) is 14.2 Å². The molecule has 0 rings (SSSR count). The van der Waals surface area contributed by atoms with Crippen molar-refractivity contribution in [2.45, 2.75) is 13.8 Å². The Kier molecular flexibility index (Phi) is 17.6. The van der Waals surface area contributed by atoms with Crippen LogP contribution in [0.15, 0.2) is 24.3 Å². The number of phosphoric acid groups is 1. The monoisotopic (exact) mass is 358 g/mol. The molecule has 0 aromatic heterocycles. The Hall–Kier alpha value is -1.55. The van der Waals surface area contributed by atoms with Crippen LogP contribution in [0.25, 0.3) is 0 Å². The summed E-state index contributed by atoms with van der Waals surface area (Å²) in [6, 6.07) is 0. The van der Waals surface area contributed by atoms with Gasteiger partial charge in [-0.2, -0.15) is 0 Å². The lowest BCUT2D eigenvalue weighted by atomic mass is 10.4. The average molecular weight is 358 g/mol. The summed E-state index contributed by atoms with van der Waals surface area (Å²) in [5, 5.41) is 15.2. The molecule has 0 fully saturated rings. The van der Waals surface area contributed by atoms with Crippen LogP contribution in [0.2, 0.25) is 0 Å². The van der Waals surface area contributed by atoms with Crippen LogP contribution in [-0.4, -0.2) is 63.3 Å². The van der Waals surface area contributed by atoms with Crippen LogP contribution < -0.4 is 0 Å². The van der Waals surface area contributed by atoms with E-state index in [4.69, 9.17) is 29.5 Å². The smallest absolute Gasteiger partial charge is 0.459 e. The van der Waals surface area contributed by atoms with E-state index in [1.165, 1.54) is 0 Å². The topological polar surface area (TPSA) is 171 Å². The number of hydrogen-bond acceptors (Lipinski definition) is 7. The van der Waals surface area contributed by atoms with Crippen LogP contribution in [0.3, 0.4) is 0 Å². The molecule has 0 aromatic rings. The van der Waals surface area contributed by atoms with Crippen LogP contribution in [0, 0.1) is 0 Å². The lowest BCUT2D eigenvalue weighted by molar-refractivity contribution is -0.147. The predicted octanol–water partition coefficient (Wildman–Crippen LogP) is -0.733. The third kappa shape index (κ3) is 33.3. The summed E-state index contributed by atoms with van der Waals surface area (Å²) in [4.78, 5) is 43.2. The maximum atomic E-state index is 10.8.